The van der Waals surface area contributed by atoms with Gasteiger partial charge in [-0.15, -0.1) is 0 Å². The van der Waals surface area contributed by atoms with E-state index in [4.69, 9.17) is 4.74 Å². The van der Waals surface area contributed by atoms with Gasteiger partial charge < -0.3 is 20.1 Å². The topological polar surface area (TPSA) is 107 Å². The molecule has 0 saturated heterocycles. The van der Waals surface area contributed by atoms with Crippen molar-refractivity contribution < 1.29 is 34.0 Å². The standard InChI is InChI=1S/C28H34FNO6/c1-14-12-27-15(2)9-20-21(26(20,3)4)19(23(27)33)10-16(13-31)22(32)28(27,35)24(14)36-25(34)30(5)18-8-6-7-17(29)11-18/h6-8,10-12,15,19-22,24,31-32,35H,9,13H2,1-5H3/t15-,19+,20-,21+,22-,24+,27+,28+/m1/s1. The molecule has 5 rings (SSSR count). The van der Waals surface area contributed by atoms with Crippen LogP contribution in [0.25, 0.3) is 0 Å². The van der Waals surface area contributed by atoms with Crippen molar-refractivity contribution in [1.82, 2.24) is 0 Å². The number of aliphatic hydroxyl groups excluding tert-OH is 2. The molecule has 8 atom stereocenters. The molecule has 7 nitrogen and oxygen atoms in total. The second-order valence-corrected chi connectivity index (χ2v) is 11.7. The van der Waals surface area contributed by atoms with Crippen LogP contribution in [0.4, 0.5) is 14.9 Å². The molecule has 36 heavy (non-hydrogen) atoms. The Labute approximate surface area is 210 Å². The summed E-state index contributed by atoms with van der Waals surface area (Å²) in [5.41, 5.74) is -2.93. The summed E-state index contributed by atoms with van der Waals surface area (Å²) in [4.78, 5) is 28.6. The van der Waals surface area contributed by atoms with Gasteiger partial charge in [0, 0.05) is 18.7 Å². The third kappa shape index (κ3) is 3.07. The minimum Gasteiger partial charge on any atom is -0.438 e. The Morgan fingerprint density at radius 2 is 2.00 bits per heavy atom. The number of fused-ring (bicyclic) bond motifs is 3. The molecule has 1 aromatic carbocycles. The smallest absolute Gasteiger partial charge is 0.414 e. The van der Waals surface area contributed by atoms with Gasteiger partial charge in [0.15, 0.2) is 17.5 Å². The van der Waals surface area contributed by atoms with Gasteiger partial charge in [-0.25, -0.2) is 9.18 Å². The summed E-state index contributed by atoms with van der Waals surface area (Å²) in [5.74, 6) is -1.37. The van der Waals surface area contributed by atoms with Gasteiger partial charge in [-0.1, -0.05) is 39.0 Å². The fraction of sp³-hybridized carbons (Fsp3) is 0.571. The number of rotatable bonds is 3. The summed E-state index contributed by atoms with van der Waals surface area (Å²) in [6, 6.07) is 5.44. The number of benzene rings is 1. The van der Waals surface area contributed by atoms with E-state index < -0.39 is 47.7 Å². The van der Waals surface area contributed by atoms with Crippen LogP contribution in [-0.2, 0) is 9.53 Å². The van der Waals surface area contributed by atoms with Gasteiger partial charge in [-0.2, -0.15) is 0 Å². The predicted octanol–water partition coefficient (Wildman–Crippen LogP) is 3.24. The number of Topliss-reactive ketones (excluding diaryl/α,β-unsaturated/α-hetero) is 1. The number of aliphatic hydroxyl groups is 3. The van der Waals surface area contributed by atoms with Crippen molar-refractivity contribution in [2.45, 2.75) is 51.9 Å². The molecule has 0 aliphatic heterocycles. The van der Waals surface area contributed by atoms with Crippen LogP contribution >= 0.6 is 0 Å². The second-order valence-electron chi connectivity index (χ2n) is 11.7. The molecule has 8 heteroatoms. The number of ketones is 1. The Kier molecular flexibility index (Phi) is 5.56. The largest absolute Gasteiger partial charge is 0.438 e. The minimum atomic E-state index is -2.21. The van der Waals surface area contributed by atoms with Crippen LogP contribution in [0.5, 0.6) is 0 Å². The Bertz CT molecular complexity index is 1190. The maximum Gasteiger partial charge on any atom is 0.414 e. The molecule has 194 valence electrons. The summed E-state index contributed by atoms with van der Waals surface area (Å²) in [6.07, 6.45) is 0.134. The van der Waals surface area contributed by atoms with E-state index in [0.717, 1.165) is 4.90 Å². The molecular formula is C28H34FNO6. The second kappa shape index (κ2) is 7.97. The Hall–Kier alpha value is -2.55. The van der Waals surface area contributed by atoms with Gasteiger partial charge >= 0.3 is 6.09 Å². The number of halogens is 1. The van der Waals surface area contributed by atoms with Gasteiger partial charge in [-0.05, 0) is 65.9 Å². The first-order chi connectivity index (χ1) is 16.8. The monoisotopic (exact) mass is 499 g/mol. The van der Waals surface area contributed by atoms with Crippen molar-refractivity contribution in [1.29, 1.82) is 0 Å². The van der Waals surface area contributed by atoms with Gasteiger partial charge in [-0.3, -0.25) is 9.69 Å². The molecule has 2 bridgehead atoms. The molecule has 0 radical (unpaired) electrons. The number of carbonyl (C=O) groups is 2. The molecule has 2 saturated carbocycles. The Morgan fingerprint density at radius 1 is 1.31 bits per heavy atom. The molecule has 4 aliphatic carbocycles. The number of hydrogen-bond donors (Lipinski definition) is 3. The van der Waals surface area contributed by atoms with E-state index in [0.29, 0.717) is 12.0 Å². The molecule has 1 aromatic rings. The van der Waals surface area contributed by atoms with Gasteiger partial charge in [0.2, 0.25) is 0 Å². The number of ether oxygens (including phenoxy) is 1. The summed E-state index contributed by atoms with van der Waals surface area (Å²) in [5, 5.41) is 34.1. The van der Waals surface area contributed by atoms with Crippen molar-refractivity contribution in [3.63, 3.8) is 0 Å². The van der Waals surface area contributed by atoms with E-state index in [1.54, 1.807) is 25.1 Å². The molecule has 0 aromatic heterocycles. The molecule has 0 heterocycles. The number of carbonyl (C=O) groups excluding carboxylic acids is 2. The predicted molar refractivity (Wildman–Crippen MR) is 130 cm³/mol. The quantitative estimate of drug-likeness (QED) is 0.552. The van der Waals surface area contributed by atoms with Crippen LogP contribution in [-0.4, -0.2) is 58.7 Å². The van der Waals surface area contributed by atoms with E-state index >= 15 is 0 Å². The summed E-state index contributed by atoms with van der Waals surface area (Å²) in [7, 11) is 1.42. The van der Waals surface area contributed by atoms with Crippen molar-refractivity contribution >= 4 is 17.6 Å². The maximum absolute atomic E-state index is 14.3. The highest BCUT2D eigenvalue weighted by molar-refractivity contribution is 5.95. The number of nitrogens with zero attached hydrogens (tertiary/aromatic N) is 1. The third-order valence-corrected chi connectivity index (χ3v) is 9.58. The number of hydrogen-bond acceptors (Lipinski definition) is 6. The fourth-order valence-corrected chi connectivity index (χ4v) is 7.56. The lowest BCUT2D eigenvalue weighted by atomic mass is 9.59. The molecule has 3 N–H and O–H groups in total. The Balaban J connectivity index is 1.58. The van der Waals surface area contributed by atoms with Crippen LogP contribution in [0.3, 0.4) is 0 Å². The number of anilines is 1. The minimum absolute atomic E-state index is 0.0392. The van der Waals surface area contributed by atoms with E-state index in [-0.39, 0.29) is 40.2 Å². The van der Waals surface area contributed by atoms with Crippen molar-refractivity contribution in [3.05, 3.63) is 53.4 Å². The van der Waals surface area contributed by atoms with Crippen LogP contribution in [0, 0.1) is 40.3 Å². The summed E-state index contributed by atoms with van der Waals surface area (Å²) < 4.78 is 19.5. The lowest BCUT2D eigenvalue weighted by Crippen LogP contribution is -2.66. The normalized spacial score (nSPS) is 40.2. The lowest BCUT2D eigenvalue weighted by molar-refractivity contribution is -0.189. The summed E-state index contributed by atoms with van der Waals surface area (Å²) >= 11 is 0. The van der Waals surface area contributed by atoms with Gasteiger partial charge in [0.25, 0.3) is 0 Å². The van der Waals surface area contributed by atoms with Crippen LogP contribution in [0.15, 0.2) is 47.6 Å². The molecule has 4 aliphatic rings. The van der Waals surface area contributed by atoms with E-state index in [9.17, 15) is 29.3 Å². The SMILES string of the molecule is CC1=C[C@]23C(=O)[C@@H](C=C(CO)[C@@H](O)[C@]2(O)[C@H]1OC(=O)N(C)c1cccc(F)c1)[C@H]1[C@@H](C[C@H]3C)C1(C)C. The molecule has 0 unspecified atom stereocenters. The van der Waals surface area contributed by atoms with Crippen LogP contribution in [0.2, 0.25) is 0 Å². The van der Waals surface area contributed by atoms with Crippen molar-refractivity contribution in [3.8, 4) is 0 Å². The zero-order chi connectivity index (χ0) is 26.4. The third-order valence-electron chi connectivity index (χ3n) is 9.58. The van der Waals surface area contributed by atoms with E-state index in [1.165, 1.54) is 25.2 Å². The number of amides is 1. The molecule has 2 fully saturated rings. The molecule has 1 amide bonds. The molecular weight excluding hydrogens is 465 g/mol. The van der Waals surface area contributed by atoms with Crippen molar-refractivity contribution in [2.75, 3.05) is 18.6 Å². The Morgan fingerprint density at radius 3 is 2.64 bits per heavy atom. The maximum atomic E-state index is 14.3. The van der Waals surface area contributed by atoms with Gasteiger partial charge in [0.1, 0.15) is 11.9 Å². The lowest BCUT2D eigenvalue weighted by Gasteiger charge is -2.48. The zero-order valence-electron chi connectivity index (χ0n) is 21.2. The first-order valence-electron chi connectivity index (χ1n) is 12.5. The van der Waals surface area contributed by atoms with Crippen LogP contribution in [0.1, 0.15) is 34.1 Å². The first kappa shape index (κ1) is 25.1. The van der Waals surface area contributed by atoms with E-state index in [2.05, 4.69) is 13.8 Å². The highest BCUT2D eigenvalue weighted by Gasteiger charge is 2.76. The van der Waals surface area contributed by atoms with E-state index in [1.807, 2.05) is 6.92 Å². The van der Waals surface area contributed by atoms with Crippen molar-refractivity contribution in [2.24, 2.45) is 34.5 Å². The summed E-state index contributed by atoms with van der Waals surface area (Å²) in [6.45, 7) is 7.28. The zero-order valence-corrected chi connectivity index (χ0v) is 21.2. The average Bonchev–Trinajstić information content (AvgIpc) is 3.32. The highest BCUT2D eigenvalue weighted by atomic mass is 19.1. The fourth-order valence-electron chi connectivity index (χ4n) is 7.56. The van der Waals surface area contributed by atoms with Crippen LogP contribution < -0.4 is 4.90 Å². The highest BCUT2D eigenvalue weighted by Crippen LogP contribution is 2.71. The average molecular weight is 500 g/mol. The molecule has 1 spiro atoms. The number of allylic oxidation sites excluding steroid dienone is 1. The first-order valence-corrected chi connectivity index (χ1v) is 12.5. The van der Waals surface area contributed by atoms with Gasteiger partial charge in [0.05, 0.1) is 12.0 Å².